The van der Waals surface area contributed by atoms with Crippen molar-refractivity contribution in [2.24, 2.45) is 5.73 Å². The maximum absolute atomic E-state index is 5.24. The van der Waals surface area contributed by atoms with Gasteiger partial charge in [0.25, 0.3) is 5.17 Å². The maximum atomic E-state index is 5.24. The highest BCUT2D eigenvalue weighted by Gasteiger charge is 1.99. The zero-order chi connectivity index (χ0) is 9.14. The highest BCUT2D eigenvalue weighted by molar-refractivity contribution is 7.80. The Kier molecular flexibility index (Phi) is 2.65. The predicted molar refractivity (Wildman–Crippen MR) is 53.3 cm³/mol. The molecular weight excluding hydrogens is 170 g/mol. The van der Waals surface area contributed by atoms with Crippen LogP contribution in [-0.4, -0.2) is 5.17 Å². The molecule has 0 aliphatic heterocycles. The van der Waals surface area contributed by atoms with E-state index in [1.165, 1.54) is 5.56 Å². The van der Waals surface area contributed by atoms with E-state index in [-0.39, 0.29) is 5.17 Å². The molecule has 0 unspecified atom stereocenters. The summed E-state index contributed by atoms with van der Waals surface area (Å²) in [5, 5.41) is 0.0574. The summed E-state index contributed by atoms with van der Waals surface area (Å²) in [7, 11) is 0. The van der Waals surface area contributed by atoms with Gasteiger partial charge in [-0.15, -0.1) is 0 Å². The molecule has 1 rings (SSSR count). The van der Waals surface area contributed by atoms with Gasteiger partial charge in [-0.2, -0.15) is 0 Å². The monoisotopic (exact) mass is 181 g/mol. The first-order valence-corrected chi connectivity index (χ1v) is 4.05. The molecular formula is C9H11NOS. The molecule has 0 aliphatic carbocycles. The van der Waals surface area contributed by atoms with E-state index in [1.54, 1.807) is 0 Å². The smallest absolute Gasteiger partial charge is 0.259 e. The van der Waals surface area contributed by atoms with E-state index in [0.717, 1.165) is 11.3 Å². The van der Waals surface area contributed by atoms with E-state index in [4.69, 9.17) is 10.5 Å². The van der Waals surface area contributed by atoms with Crippen molar-refractivity contribution >= 4 is 17.4 Å². The fourth-order valence-electron chi connectivity index (χ4n) is 1.02. The Bertz CT molecular complexity index is 309. The van der Waals surface area contributed by atoms with Crippen molar-refractivity contribution in [3.63, 3.8) is 0 Å². The van der Waals surface area contributed by atoms with Crippen molar-refractivity contribution in [3.8, 4) is 5.75 Å². The summed E-state index contributed by atoms with van der Waals surface area (Å²) >= 11 is 4.63. The summed E-state index contributed by atoms with van der Waals surface area (Å²) in [5.41, 5.74) is 7.48. The molecule has 1 aromatic carbocycles. The predicted octanol–water partition coefficient (Wildman–Crippen LogP) is 1.93. The van der Waals surface area contributed by atoms with E-state index in [2.05, 4.69) is 12.2 Å². The van der Waals surface area contributed by atoms with Crippen molar-refractivity contribution in [2.45, 2.75) is 13.8 Å². The van der Waals surface area contributed by atoms with Crippen molar-refractivity contribution in [2.75, 3.05) is 0 Å². The number of nitrogens with two attached hydrogens (primary N) is 1. The molecule has 64 valence electrons. The molecule has 0 bridgehead atoms. The van der Waals surface area contributed by atoms with Crippen LogP contribution in [0.15, 0.2) is 18.2 Å². The van der Waals surface area contributed by atoms with Crippen LogP contribution >= 0.6 is 12.2 Å². The Balaban J connectivity index is 2.93. The van der Waals surface area contributed by atoms with Crippen molar-refractivity contribution in [3.05, 3.63) is 29.3 Å². The van der Waals surface area contributed by atoms with Crippen LogP contribution in [0.5, 0.6) is 5.75 Å². The van der Waals surface area contributed by atoms with Crippen LogP contribution in [0.4, 0.5) is 0 Å². The Morgan fingerprint density at radius 1 is 1.42 bits per heavy atom. The third-order valence-electron chi connectivity index (χ3n) is 1.54. The minimum atomic E-state index is 0.0574. The average molecular weight is 181 g/mol. The van der Waals surface area contributed by atoms with Crippen molar-refractivity contribution in [1.82, 2.24) is 0 Å². The molecule has 0 aromatic heterocycles. The molecule has 2 nitrogen and oxygen atoms in total. The zero-order valence-corrected chi connectivity index (χ0v) is 7.94. The molecule has 1 aromatic rings. The van der Waals surface area contributed by atoms with Gasteiger partial charge in [-0.05, 0) is 37.7 Å². The lowest BCUT2D eigenvalue weighted by Crippen LogP contribution is -2.16. The van der Waals surface area contributed by atoms with Gasteiger partial charge in [0.1, 0.15) is 5.75 Å². The summed E-state index contributed by atoms with van der Waals surface area (Å²) in [6, 6.07) is 5.85. The highest BCUT2D eigenvalue weighted by Crippen LogP contribution is 2.18. The van der Waals surface area contributed by atoms with Crippen molar-refractivity contribution in [1.29, 1.82) is 0 Å². The van der Waals surface area contributed by atoms with Crippen LogP contribution < -0.4 is 10.5 Å². The minimum absolute atomic E-state index is 0.0574. The Labute approximate surface area is 77.3 Å². The molecule has 0 radical (unpaired) electrons. The van der Waals surface area contributed by atoms with Crippen LogP contribution in [0.3, 0.4) is 0 Å². The van der Waals surface area contributed by atoms with E-state index in [0.29, 0.717) is 0 Å². The second-order valence-electron chi connectivity index (χ2n) is 2.69. The summed E-state index contributed by atoms with van der Waals surface area (Å²) < 4.78 is 5.11. The minimum Gasteiger partial charge on any atom is -0.432 e. The molecule has 0 heterocycles. The van der Waals surface area contributed by atoms with Gasteiger partial charge in [-0.25, -0.2) is 0 Å². The van der Waals surface area contributed by atoms with Gasteiger partial charge in [0.15, 0.2) is 0 Å². The normalized spacial score (nSPS) is 9.50. The molecule has 3 heteroatoms. The van der Waals surface area contributed by atoms with Gasteiger partial charge in [0, 0.05) is 0 Å². The van der Waals surface area contributed by atoms with E-state index >= 15 is 0 Å². The quantitative estimate of drug-likeness (QED) is 0.672. The summed E-state index contributed by atoms with van der Waals surface area (Å²) in [6.07, 6.45) is 0. The van der Waals surface area contributed by atoms with Crippen LogP contribution in [0.2, 0.25) is 0 Å². The highest BCUT2D eigenvalue weighted by atomic mass is 32.1. The second-order valence-corrected chi connectivity index (χ2v) is 3.09. The number of benzene rings is 1. The summed E-state index contributed by atoms with van der Waals surface area (Å²) in [4.78, 5) is 0. The maximum Gasteiger partial charge on any atom is 0.259 e. The van der Waals surface area contributed by atoms with E-state index < -0.39 is 0 Å². The molecule has 0 fully saturated rings. The van der Waals surface area contributed by atoms with Gasteiger partial charge >= 0.3 is 0 Å². The first-order chi connectivity index (χ1) is 5.59. The summed E-state index contributed by atoms with van der Waals surface area (Å²) in [5.74, 6) is 0.730. The van der Waals surface area contributed by atoms with Crippen LogP contribution in [-0.2, 0) is 0 Å². The average Bonchev–Trinajstić information content (AvgIpc) is 1.94. The molecule has 2 N–H and O–H groups in total. The SMILES string of the molecule is Cc1ccc(OC(N)=S)c(C)c1. The number of thiocarbonyl (C=S) groups is 1. The standard InChI is InChI=1S/C9H11NOS/c1-6-3-4-8(7(2)5-6)11-9(10)12/h3-5H,1-2H3,(H2,10,12). The molecule has 0 amide bonds. The topological polar surface area (TPSA) is 35.2 Å². The molecule has 0 spiro atoms. The second kappa shape index (κ2) is 3.54. The largest absolute Gasteiger partial charge is 0.432 e. The van der Waals surface area contributed by atoms with Gasteiger partial charge < -0.3 is 10.5 Å². The Morgan fingerprint density at radius 2 is 2.08 bits per heavy atom. The number of aryl methyl sites for hydroxylation is 2. The number of hydrogen-bond acceptors (Lipinski definition) is 2. The van der Waals surface area contributed by atoms with E-state index in [1.807, 2.05) is 32.0 Å². The molecule has 0 aliphatic rings. The molecule has 0 saturated carbocycles. The fourth-order valence-corrected chi connectivity index (χ4v) is 1.11. The van der Waals surface area contributed by atoms with Crippen LogP contribution in [0.1, 0.15) is 11.1 Å². The molecule has 0 saturated heterocycles. The number of rotatable bonds is 1. The number of hydrogen-bond donors (Lipinski definition) is 1. The zero-order valence-electron chi connectivity index (χ0n) is 7.13. The van der Waals surface area contributed by atoms with Gasteiger partial charge in [-0.3, -0.25) is 0 Å². The van der Waals surface area contributed by atoms with Gasteiger partial charge in [0.2, 0.25) is 0 Å². The third kappa shape index (κ3) is 2.20. The molecule has 12 heavy (non-hydrogen) atoms. The lowest BCUT2D eigenvalue weighted by molar-refractivity contribution is 0.552. The lowest BCUT2D eigenvalue weighted by atomic mass is 10.1. The van der Waals surface area contributed by atoms with Crippen molar-refractivity contribution < 1.29 is 4.74 Å². The van der Waals surface area contributed by atoms with Crippen LogP contribution in [0, 0.1) is 13.8 Å². The lowest BCUT2D eigenvalue weighted by Gasteiger charge is -2.06. The van der Waals surface area contributed by atoms with Gasteiger partial charge in [-0.1, -0.05) is 17.7 Å². The van der Waals surface area contributed by atoms with Crippen LogP contribution in [0.25, 0.3) is 0 Å². The third-order valence-corrected chi connectivity index (χ3v) is 1.62. The van der Waals surface area contributed by atoms with Gasteiger partial charge in [0.05, 0.1) is 0 Å². The first kappa shape index (κ1) is 9.00. The number of ether oxygens (including phenoxy) is 1. The fraction of sp³-hybridized carbons (Fsp3) is 0.222. The first-order valence-electron chi connectivity index (χ1n) is 3.64. The molecule has 0 atom stereocenters. The van der Waals surface area contributed by atoms with E-state index in [9.17, 15) is 0 Å². The Morgan fingerprint density at radius 3 is 2.58 bits per heavy atom. The Hall–Kier alpha value is -1.09. The summed E-state index contributed by atoms with van der Waals surface area (Å²) in [6.45, 7) is 3.98.